The number of aromatic nitrogens is 3. The molecule has 1 heterocycles. The van der Waals surface area contributed by atoms with Crippen molar-refractivity contribution in [1.82, 2.24) is 20.2 Å². The molecule has 36 heavy (non-hydrogen) atoms. The highest BCUT2D eigenvalue weighted by Gasteiger charge is 2.21. The SMILES string of the molecule is Cc1cc(Cl)ccc1NCc1nnc(SC(C)C(=O)N/N=C/c2cccc(Br)c2)n1-c1ccccc1. The molecule has 1 amide bonds. The molecule has 4 aromatic rings. The number of aryl methyl sites for hydroxylation is 1. The van der Waals surface area contributed by atoms with Gasteiger partial charge < -0.3 is 5.32 Å². The standard InChI is InChI=1S/C26H24BrClN6OS/c1-17-13-21(28)11-12-23(17)29-16-24-31-33-26(34(24)22-9-4-3-5-10-22)36-18(2)25(35)32-30-15-19-7-6-8-20(27)14-19/h3-15,18,29H,16H2,1-2H3,(H,32,35)/b30-15+. The Morgan fingerprint density at radius 2 is 1.94 bits per heavy atom. The van der Waals surface area contributed by atoms with Crippen LogP contribution in [0.1, 0.15) is 23.9 Å². The molecule has 2 N–H and O–H groups in total. The predicted octanol–water partition coefficient (Wildman–Crippen LogP) is 6.23. The summed E-state index contributed by atoms with van der Waals surface area (Å²) in [6.45, 7) is 4.26. The number of carbonyl (C=O) groups is 1. The Morgan fingerprint density at radius 1 is 1.14 bits per heavy atom. The van der Waals surface area contributed by atoms with E-state index in [4.69, 9.17) is 11.6 Å². The van der Waals surface area contributed by atoms with E-state index in [9.17, 15) is 4.79 Å². The highest BCUT2D eigenvalue weighted by molar-refractivity contribution is 9.10. The molecule has 1 unspecified atom stereocenters. The number of amides is 1. The molecule has 7 nitrogen and oxygen atoms in total. The van der Waals surface area contributed by atoms with Crippen LogP contribution < -0.4 is 10.7 Å². The lowest BCUT2D eigenvalue weighted by Crippen LogP contribution is -2.27. The van der Waals surface area contributed by atoms with E-state index in [2.05, 4.69) is 42.0 Å². The van der Waals surface area contributed by atoms with E-state index in [-0.39, 0.29) is 5.91 Å². The van der Waals surface area contributed by atoms with Crippen molar-refractivity contribution in [3.63, 3.8) is 0 Å². The summed E-state index contributed by atoms with van der Waals surface area (Å²) in [5.41, 5.74) is 6.40. The maximum atomic E-state index is 12.7. The van der Waals surface area contributed by atoms with E-state index in [1.165, 1.54) is 11.8 Å². The quantitative estimate of drug-likeness (QED) is 0.139. The Labute approximate surface area is 227 Å². The Balaban J connectivity index is 1.48. The molecule has 0 aliphatic heterocycles. The maximum absolute atomic E-state index is 12.7. The second-order valence-corrected chi connectivity index (χ2v) is 10.6. The summed E-state index contributed by atoms with van der Waals surface area (Å²) >= 11 is 10.8. The number of anilines is 1. The van der Waals surface area contributed by atoms with Crippen molar-refractivity contribution >= 4 is 57.1 Å². The molecule has 1 atom stereocenters. The molecule has 0 bridgehead atoms. The van der Waals surface area contributed by atoms with Crippen LogP contribution >= 0.6 is 39.3 Å². The topological polar surface area (TPSA) is 84.2 Å². The lowest BCUT2D eigenvalue weighted by Gasteiger charge is -2.14. The number of halogens is 2. The number of hydrazone groups is 1. The van der Waals surface area contributed by atoms with E-state index in [0.29, 0.717) is 16.7 Å². The van der Waals surface area contributed by atoms with Crippen LogP contribution in [0.15, 0.2) is 87.5 Å². The number of rotatable bonds is 9. The fourth-order valence-corrected chi connectivity index (χ4v) is 4.91. The number of thioether (sulfide) groups is 1. The van der Waals surface area contributed by atoms with Crippen LogP contribution in [0.25, 0.3) is 5.69 Å². The number of carbonyl (C=O) groups excluding carboxylic acids is 1. The summed E-state index contributed by atoms with van der Waals surface area (Å²) in [6.07, 6.45) is 1.61. The van der Waals surface area contributed by atoms with Crippen molar-refractivity contribution in [2.24, 2.45) is 5.10 Å². The van der Waals surface area contributed by atoms with Gasteiger partial charge in [0.1, 0.15) is 0 Å². The highest BCUT2D eigenvalue weighted by atomic mass is 79.9. The van der Waals surface area contributed by atoms with Crippen LogP contribution in [0.5, 0.6) is 0 Å². The van der Waals surface area contributed by atoms with Crippen molar-refractivity contribution in [2.75, 3.05) is 5.32 Å². The van der Waals surface area contributed by atoms with Gasteiger partial charge in [0, 0.05) is 20.9 Å². The van der Waals surface area contributed by atoms with Gasteiger partial charge in [-0.25, -0.2) is 5.43 Å². The van der Waals surface area contributed by atoms with E-state index in [1.807, 2.05) is 91.2 Å². The van der Waals surface area contributed by atoms with Crippen LogP contribution in [-0.4, -0.2) is 32.1 Å². The van der Waals surface area contributed by atoms with Gasteiger partial charge in [-0.3, -0.25) is 9.36 Å². The zero-order valence-corrected chi connectivity index (χ0v) is 22.8. The third-order valence-corrected chi connectivity index (χ3v) is 7.00. The maximum Gasteiger partial charge on any atom is 0.253 e. The molecule has 0 spiro atoms. The number of nitrogens with one attached hydrogen (secondary N) is 2. The summed E-state index contributed by atoms with van der Waals surface area (Å²) in [7, 11) is 0. The molecule has 0 aliphatic rings. The van der Waals surface area contributed by atoms with Crippen molar-refractivity contribution in [3.8, 4) is 5.69 Å². The zero-order chi connectivity index (χ0) is 25.5. The van der Waals surface area contributed by atoms with Gasteiger partial charge >= 0.3 is 0 Å². The molecule has 3 aromatic carbocycles. The van der Waals surface area contributed by atoms with E-state index in [0.717, 1.165) is 32.8 Å². The molecule has 0 fully saturated rings. The number of benzene rings is 3. The van der Waals surface area contributed by atoms with Gasteiger partial charge in [-0.2, -0.15) is 5.10 Å². The fraction of sp³-hybridized carbons (Fsp3) is 0.154. The van der Waals surface area contributed by atoms with Gasteiger partial charge in [0.25, 0.3) is 5.91 Å². The van der Waals surface area contributed by atoms with E-state index in [1.54, 1.807) is 6.21 Å². The molecule has 0 saturated carbocycles. The Morgan fingerprint density at radius 3 is 2.69 bits per heavy atom. The van der Waals surface area contributed by atoms with Gasteiger partial charge in [0.2, 0.25) is 0 Å². The number of hydrogen-bond donors (Lipinski definition) is 2. The van der Waals surface area contributed by atoms with Gasteiger partial charge in [-0.1, -0.05) is 69.6 Å². The molecule has 10 heteroatoms. The lowest BCUT2D eigenvalue weighted by molar-refractivity contribution is -0.120. The average molecular weight is 584 g/mol. The van der Waals surface area contributed by atoms with Gasteiger partial charge in [0.05, 0.1) is 18.0 Å². The molecule has 4 rings (SSSR count). The normalized spacial score (nSPS) is 12.0. The molecule has 1 aromatic heterocycles. The minimum Gasteiger partial charge on any atom is -0.378 e. The summed E-state index contributed by atoms with van der Waals surface area (Å²) in [6, 6.07) is 23.2. The highest BCUT2D eigenvalue weighted by Crippen LogP contribution is 2.27. The Bertz CT molecular complexity index is 1380. The minimum absolute atomic E-state index is 0.231. The Kier molecular flexibility index (Phi) is 8.79. The van der Waals surface area contributed by atoms with Crippen molar-refractivity contribution in [2.45, 2.75) is 30.8 Å². The fourth-order valence-electron chi connectivity index (χ4n) is 3.39. The molecule has 0 radical (unpaired) electrons. The van der Waals surface area contributed by atoms with Crippen LogP contribution in [0, 0.1) is 6.92 Å². The van der Waals surface area contributed by atoms with Crippen LogP contribution in [0.3, 0.4) is 0 Å². The van der Waals surface area contributed by atoms with Crippen molar-refractivity contribution in [3.05, 3.63) is 99.2 Å². The van der Waals surface area contributed by atoms with Crippen LogP contribution in [0.4, 0.5) is 5.69 Å². The smallest absolute Gasteiger partial charge is 0.253 e. The summed E-state index contributed by atoms with van der Waals surface area (Å²) in [5.74, 6) is 0.489. The van der Waals surface area contributed by atoms with Crippen LogP contribution in [-0.2, 0) is 11.3 Å². The number of para-hydroxylation sites is 1. The second-order valence-electron chi connectivity index (χ2n) is 7.93. The minimum atomic E-state index is -0.448. The second kappa shape index (κ2) is 12.2. The first kappa shape index (κ1) is 25.9. The van der Waals surface area contributed by atoms with E-state index < -0.39 is 5.25 Å². The summed E-state index contributed by atoms with van der Waals surface area (Å²) in [5, 5.41) is 17.2. The third-order valence-electron chi connectivity index (χ3n) is 5.23. The largest absolute Gasteiger partial charge is 0.378 e. The van der Waals surface area contributed by atoms with Crippen molar-refractivity contribution < 1.29 is 4.79 Å². The third kappa shape index (κ3) is 6.75. The lowest BCUT2D eigenvalue weighted by atomic mass is 10.2. The van der Waals surface area contributed by atoms with E-state index >= 15 is 0 Å². The monoisotopic (exact) mass is 582 g/mol. The van der Waals surface area contributed by atoms with Gasteiger partial charge in [-0.05, 0) is 67.4 Å². The molecule has 0 aliphatic carbocycles. The van der Waals surface area contributed by atoms with Gasteiger partial charge in [0.15, 0.2) is 11.0 Å². The molecule has 0 saturated heterocycles. The first-order valence-electron chi connectivity index (χ1n) is 11.2. The summed E-state index contributed by atoms with van der Waals surface area (Å²) < 4.78 is 2.90. The molecule has 184 valence electrons. The average Bonchev–Trinajstić information content (AvgIpc) is 3.26. The summed E-state index contributed by atoms with van der Waals surface area (Å²) in [4.78, 5) is 12.7. The molecular formula is C26H24BrClN6OS. The Hall–Kier alpha value is -3.14. The van der Waals surface area contributed by atoms with Crippen LogP contribution in [0.2, 0.25) is 5.02 Å². The zero-order valence-electron chi connectivity index (χ0n) is 19.7. The van der Waals surface area contributed by atoms with Crippen molar-refractivity contribution in [1.29, 1.82) is 0 Å². The first-order chi connectivity index (χ1) is 17.4. The molecular weight excluding hydrogens is 560 g/mol. The first-order valence-corrected chi connectivity index (χ1v) is 13.2. The van der Waals surface area contributed by atoms with Gasteiger partial charge in [-0.15, -0.1) is 10.2 Å². The number of nitrogens with zero attached hydrogens (tertiary/aromatic N) is 4. The predicted molar refractivity (Wildman–Crippen MR) is 150 cm³/mol. The number of hydrogen-bond acceptors (Lipinski definition) is 6.